The summed E-state index contributed by atoms with van der Waals surface area (Å²) in [6, 6.07) is 8.41. The average molecular weight is 526 g/mol. The molecule has 2 unspecified atom stereocenters. The number of nitrogens with one attached hydrogen (secondary N) is 2. The molecule has 0 radical (unpaired) electrons. The third-order valence-corrected chi connectivity index (χ3v) is 9.35. The highest BCUT2D eigenvalue weighted by molar-refractivity contribution is 5.99. The first-order chi connectivity index (χ1) is 18.2. The fraction of sp³-hybridized carbons (Fsp3) is 0.700. The molecule has 1 saturated carbocycles. The van der Waals surface area contributed by atoms with Gasteiger partial charge in [-0.25, -0.2) is 0 Å². The first kappa shape index (κ1) is 27.1. The second kappa shape index (κ2) is 10.6. The van der Waals surface area contributed by atoms with Gasteiger partial charge in [-0.05, 0) is 50.5 Å². The fourth-order valence-electron chi connectivity index (χ4n) is 7.70. The van der Waals surface area contributed by atoms with Gasteiger partial charge in [0, 0.05) is 12.6 Å². The number of carbonyl (C=O) groups is 3. The summed E-state index contributed by atoms with van der Waals surface area (Å²) in [5, 5.41) is 16.7. The molecule has 4 fully saturated rings. The van der Waals surface area contributed by atoms with Crippen LogP contribution in [-0.2, 0) is 25.7 Å². The first-order valence-electron chi connectivity index (χ1n) is 14.5. The zero-order valence-electron chi connectivity index (χ0n) is 22.9. The zero-order valence-corrected chi connectivity index (χ0v) is 22.9. The summed E-state index contributed by atoms with van der Waals surface area (Å²) in [7, 11) is 0. The number of aliphatic hydroxyl groups excluding tert-OH is 1. The van der Waals surface area contributed by atoms with E-state index in [0.717, 1.165) is 31.2 Å². The third kappa shape index (κ3) is 4.64. The minimum absolute atomic E-state index is 0.0838. The quantitative estimate of drug-likeness (QED) is 0.460. The van der Waals surface area contributed by atoms with Crippen molar-refractivity contribution in [2.45, 2.75) is 108 Å². The Morgan fingerprint density at radius 1 is 1.11 bits per heavy atom. The highest BCUT2D eigenvalue weighted by Crippen LogP contribution is 2.63. The van der Waals surface area contributed by atoms with Crippen LogP contribution in [0.3, 0.4) is 0 Å². The van der Waals surface area contributed by atoms with Gasteiger partial charge >= 0.3 is 0 Å². The van der Waals surface area contributed by atoms with Crippen LogP contribution >= 0.6 is 0 Å². The Kier molecular flexibility index (Phi) is 7.57. The minimum atomic E-state index is -1.07. The molecular formula is C30H43N3O5. The maximum absolute atomic E-state index is 14.3. The molecule has 3 aliphatic heterocycles. The number of rotatable bonds is 9. The van der Waals surface area contributed by atoms with E-state index in [4.69, 9.17) is 4.74 Å². The van der Waals surface area contributed by atoms with E-state index in [-0.39, 0.29) is 36.3 Å². The van der Waals surface area contributed by atoms with Crippen molar-refractivity contribution in [2.24, 2.45) is 17.8 Å². The lowest BCUT2D eigenvalue weighted by Gasteiger charge is -2.38. The van der Waals surface area contributed by atoms with Crippen LogP contribution in [0.4, 0.5) is 0 Å². The van der Waals surface area contributed by atoms with E-state index in [1.54, 1.807) is 4.90 Å². The van der Waals surface area contributed by atoms with Crippen LogP contribution < -0.4 is 10.6 Å². The van der Waals surface area contributed by atoms with Crippen molar-refractivity contribution >= 4 is 17.7 Å². The average Bonchev–Trinajstić information content (AvgIpc) is 3.47. The van der Waals surface area contributed by atoms with E-state index in [9.17, 15) is 19.5 Å². The van der Waals surface area contributed by atoms with Crippen molar-refractivity contribution in [1.82, 2.24) is 15.5 Å². The Morgan fingerprint density at radius 2 is 1.82 bits per heavy atom. The molecule has 4 aliphatic rings. The summed E-state index contributed by atoms with van der Waals surface area (Å²) in [6.07, 6.45) is 6.92. The lowest BCUT2D eigenvalue weighted by Crippen LogP contribution is -2.59. The number of aliphatic hydroxyl groups is 1. The molecule has 1 aliphatic carbocycles. The van der Waals surface area contributed by atoms with Crippen LogP contribution in [0, 0.1) is 17.8 Å². The number of benzene rings is 1. The number of fused-ring (bicyclic) bond motifs is 1. The topological polar surface area (TPSA) is 108 Å². The van der Waals surface area contributed by atoms with Gasteiger partial charge in [0.05, 0.1) is 30.1 Å². The van der Waals surface area contributed by atoms with E-state index >= 15 is 0 Å². The van der Waals surface area contributed by atoms with Gasteiger partial charge in [-0.3, -0.25) is 14.4 Å². The third-order valence-electron chi connectivity index (χ3n) is 9.35. The van der Waals surface area contributed by atoms with Crippen molar-refractivity contribution in [3.63, 3.8) is 0 Å². The molecule has 3 saturated heterocycles. The van der Waals surface area contributed by atoms with Crippen molar-refractivity contribution in [3.8, 4) is 0 Å². The second-order valence-corrected chi connectivity index (χ2v) is 12.5. The monoisotopic (exact) mass is 525 g/mol. The number of likely N-dealkylation sites (tertiary alicyclic amines) is 1. The Balaban J connectivity index is 1.47. The number of carbonyl (C=O) groups excluding carboxylic acids is 3. The van der Waals surface area contributed by atoms with Crippen LogP contribution in [0.5, 0.6) is 0 Å². The maximum atomic E-state index is 14.3. The Hall–Kier alpha value is -2.45. The molecule has 1 aromatic carbocycles. The number of amides is 3. The maximum Gasteiger partial charge on any atom is 0.246 e. The van der Waals surface area contributed by atoms with E-state index in [1.165, 1.54) is 6.42 Å². The number of ether oxygens (including phenoxy) is 1. The Bertz CT molecular complexity index is 1040. The van der Waals surface area contributed by atoms with E-state index < -0.39 is 35.1 Å². The SMILES string of the molecule is CC(C)C[C@H](CO)N1C(=O)[C@@H]2[C@@H](C(=O)NCc3ccccc3)[C@@]3(C)CCC2(O3)C1C(=O)NC1CCCCC1. The van der Waals surface area contributed by atoms with E-state index in [2.05, 4.69) is 10.6 Å². The largest absolute Gasteiger partial charge is 0.394 e. The first-order valence-corrected chi connectivity index (χ1v) is 14.5. The molecule has 5 rings (SSSR count). The highest BCUT2D eigenvalue weighted by atomic mass is 16.5. The molecule has 1 spiro atoms. The van der Waals surface area contributed by atoms with Crippen molar-refractivity contribution < 1.29 is 24.2 Å². The van der Waals surface area contributed by atoms with Gasteiger partial charge in [-0.2, -0.15) is 0 Å². The summed E-state index contributed by atoms with van der Waals surface area (Å²) < 4.78 is 6.71. The van der Waals surface area contributed by atoms with Crippen LogP contribution in [0.2, 0.25) is 0 Å². The van der Waals surface area contributed by atoms with Gasteiger partial charge in [0.2, 0.25) is 17.7 Å². The molecule has 0 aromatic heterocycles. The molecule has 3 amide bonds. The summed E-state index contributed by atoms with van der Waals surface area (Å²) in [5.74, 6) is -1.88. The smallest absolute Gasteiger partial charge is 0.246 e. The van der Waals surface area contributed by atoms with Crippen molar-refractivity contribution in [3.05, 3.63) is 35.9 Å². The number of hydrogen-bond donors (Lipinski definition) is 3. The van der Waals surface area contributed by atoms with Gasteiger partial charge in [0.15, 0.2) is 0 Å². The van der Waals surface area contributed by atoms with Crippen molar-refractivity contribution in [2.75, 3.05) is 6.61 Å². The van der Waals surface area contributed by atoms with Gasteiger partial charge in [0.25, 0.3) is 0 Å². The predicted molar refractivity (Wildman–Crippen MR) is 143 cm³/mol. The number of nitrogens with zero attached hydrogens (tertiary/aromatic N) is 1. The Labute approximate surface area is 225 Å². The van der Waals surface area contributed by atoms with Crippen LogP contribution in [0.25, 0.3) is 0 Å². The van der Waals surface area contributed by atoms with Gasteiger partial charge in [-0.1, -0.05) is 63.4 Å². The van der Waals surface area contributed by atoms with Crippen LogP contribution in [-0.4, -0.2) is 63.7 Å². The lowest BCUT2D eigenvalue weighted by atomic mass is 9.66. The summed E-state index contributed by atoms with van der Waals surface area (Å²) >= 11 is 0. The second-order valence-electron chi connectivity index (χ2n) is 12.5. The Morgan fingerprint density at radius 3 is 2.47 bits per heavy atom. The molecule has 8 nitrogen and oxygen atoms in total. The normalized spacial score (nSPS) is 33.4. The number of hydrogen-bond acceptors (Lipinski definition) is 5. The molecule has 8 heteroatoms. The zero-order chi connectivity index (χ0) is 27.1. The molecule has 38 heavy (non-hydrogen) atoms. The highest BCUT2D eigenvalue weighted by Gasteiger charge is 2.78. The van der Waals surface area contributed by atoms with Crippen molar-refractivity contribution in [1.29, 1.82) is 0 Å². The van der Waals surface area contributed by atoms with Crippen LogP contribution in [0.1, 0.15) is 77.7 Å². The standard InChI is InChI=1S/C30H43N3O5/c1-19(2)16-22(18-34)33-25(27(36)32-21-12-8-5-9-13-21)30-15-14-29(3,38-30)23(24(30)28(33)37)26(35)31-17-20-10-6-4-7-11-20/h4,6-7,10-11,19,21-25,34H,5,8-9,12-18H2,1-3H3,(H,31,35)(H,32,36)/t22-,23+,24+,25?,29-,30?/m1/s1. The summed E-state index contributed by atoms with van der Waals surface area (Å²) in [6.45, 7) is 6.13. The van der Waals surface area contributed by atoms with E-state index in [1.807, 2.05) is 51.1 Å². The fourth-order valence-corrected chi connectivity index (χ4v) is 7.70. The summed E-state index contributed by atoms with van der Waals surface area (Å²) in [5.41, 5.74) is -0.904. The molecular weight excluding hydrogens is 482 g/mol. The molecule has 3 N–H and O–H groups in total. The molecule has 1 aromatic rings. The molecule has 208 valence electrons. The van der Waals surface area contributed by atoms with E-state index in [0.29, 0.717) is 25.8 Å². The summed E-state index contributed by atoms with van der Waals surface area (Å²) in [4.78, 5) is 43.6. The minimum Gasteiger partial charge on any atom is -0.394 e. The van der Waals surface area contributed by atoms with Gasteiger partial charge < -0.3 is 25.4 Å². The molecule has 3 heterocycles. The van der Waals surface area contributed by atoms with Gasteiger partial charge in [-0.15, -0.1) is 0 Å². The molecule has 6 atom stereocenters. The lowest BCUT2D eigenvalue weighted by molar-refractivity contribution is -0.150. The van der Waals surface area contributed by atoms with Gasteiger partial charge in [0.1, 0.15) is 11.6 Å². The van der Waals surface area contributed by atoms with Crippen LogP contribution in [0.15, 0.2) is 30.3 Å². The predicted octanol–water partition coefficient (Wildman–Crippen LogP) is 2.92. The molecule has 2 bridgehead atoms.